The number of halogens is 3. The van der Waals surface area contributed by atoms with Crippen LogP contribution in [0.5, 0.6) is 5.75 Å². The Kier molecular flexibility index (Phi) is 4.31. The molecule has 0 saturated heterocycles. The number of para-hydroxylation sites is 1. The third-order valence-electron chi connectivity index (χ3n) is 4.07. The van der Waals surface area contributed by atoms with Gasteiger partial charge in [-0.1, -0.05) is 12.1 Å². The molecule has 2 aromatic carbocycles. The summed E-state index contributed by atoms with van der Waals surface area (Å²) in [6.45, 7) is 0. The van der Waals surface area contributed by atoms with Crippen LogP contribution in [-0.4, -0.2) is 20.1 Å². The fraction of sp³-hybridized carbons (Fsp3) is 0.0500. The minimum atomic E-state index is -4.48. The van der Waals surface area contributed by atoms with Gasteiger partial charge in [0.15, 0.2) is 5.65 Å². The predicted molar refractivity (Wildman–Crippen MR) is 99.2 cm³/mol. The number of phenolic OH excluding ortho intramolecular Hbond substituents is 1. The zero-order chi connectivity index (χ0) is 19.7. The van der Waals surface area contributed by atoms with Crippen LogP contribution in [0, 0.1) is 0 Å². The average Bonchev–Trinajstić information content (AvgIpc) is 2.68. The largest absolute Gasteiger partial charge is 0.508 e. The van der Waals surface area contributed by atoms with Gasteiger partial charge in [0, 0.05) is 5.56 Å². The second-order valence-electron chi connectivity index (χ2n) is 6.01. The van der Waals surface area contributed by atoms with Gasteiger partial charge in [-0.25, -0.2) is 9.97 Å². The van der Waals surface area contributed by atoms with Crippen LogP contribution in [0.3, 0.4) is 0 Å². The van der Waals surface area contributed by atoms with Gasteiger partial charge in [0.25, 0.3) is 0 Å². The van der Waals surface area contributed by atoms with Crippen molar-refractivity contribution in [1.29, 1.82) is 0 Å². The van der Waals surface area contributed by atoms with E-state index in [0.29, 0.717) is 16.9 Å². The summed E-state index contributed by atoms with van der Waals surface area (Å²) < 4.78 is 39.5. The summed E-state index contributed by atoms with van der Waals surface area (Å²) in [4.78, 5) is 13.0. The minimum Gasteiger partial charge on any atom is -0.508 e. The number of hydrogen-bond donors (Lipinski definition) is 2. The molecule has 0 radical (unpaired) electrons. The number of fused-ring (bicyclic) bond motifs is 1. The van der Waals surface area contributed by atoms with E-state index in [4.69, 9.17) is 0 Å². The third kappa shape index (κ3) is 3.57. The van der Waals surface area contributed by atoms with Gasteiger partial charge in [-0.15, -0.1) is 0 Å². The summed E-state index contributed by atoms with van der Waals surface area (Å²) in [5, 5.41) is 12.1. The summed E-state index contributed by atoms with van der Waals surface area (Å²) >= 11 is 0. The monoisotopic (exact) mass is 382 g/mol. The van der Waals surface area contributed by atoms with Gasteiger partial charge in [0.2, 0.25) is 0 Å². The van der Waals surface area contributed by atoms with Crippen molar-refractivity contribution in [3.63, 3.8) is 0 Å². The number of alkyl halides is 3. The van der Waals surface area contributed by atoms with Crippen LogP contribution in [0.1, 0.15) is 5.56 Å². The number of anilines is 2. The molecule has 0 unspecified atom stereocenters. The van der Waals surface area contributed by atoms with Crippen molar-refractivity contribution in [2.24, 2.45) is 0 Å². The van der Waals surface area contributed by atoms with Gasteiger partial charge >= 0.3 is 6.18 Å². The van der Waals surface area contributed by atoms with Crippen molar-refractivity contribution in [2.75, 3.05) is 5.32 Å². The lowest BCUT2D eigenvalue weighted by molar-refractivity contribution is -0.136. The molecule has 140 valence electrons. The highest BCUT2D eigenvalue weighted by Crippen LogP contribution is 2.35. The lowest BCUT2D eigenvalue weighted by Crippen LogP contribution is -2.09. The molecule has 0 spiro atoms. The molecule has 0 aliphatic rings. The lowest BCUT2D eigenvalue weighted by Gasteiger charge is -2.14. The molecule has 4 aromatic rings. The van der Waals surface area contributed by atoms with E-state index in [-0.39, 0.29) is 17.3 Å². The maximum atomic E-state index is 13.2. The number of aromatic hydroxyl groups is 1. The van der Waals surface area contributed by atoms with E-state index in [1.54, 1.807) is 30.5 Å². The van der Waals surface area contributed by atoms with E-state index in [1.165, 1.54) is 30.3 Å². The number of benzene rings is 2. The van der Waals surface area contributed by atoms with Crippen molar-refractivity contribution >= 4 is 22.7 Å². The van der Waals surface area contributed by atoms with Gasteiger partial charge in [0.05, 0.1) is 23.1 Å². The summed E-state index contributed by atoms with van der Waals surface area (Å²) in [6, 6.07) is 14.8. The zero-order valence-corrected chi connectivity index (χ0v) is 14.3. The number of nitrogens with zero attached hydrogens (tertiary/aromatic N) is 3. The number of hydrogen-bond acceptors (Lipinski definition) is 5. The summed E-state index contributed by atoms with van der Waals surface area (Å²) in [6.07, 6.45) is -2.91. The molecule has 0 atom stereocenters. The highest BCUT2D eigenvalue weighted by Gasteiger charge is 2.33. The highest BCUT2D eigenvalue weighted by atomic mass is 19.4. The molecule has 28 heavy (non-hydrogen) atoms. The van der Waals surface area contributed by atoms with E-state index < -0.39 is 11.7 Å². The molecule has 0 bridgehead atoms. The van der Waals surface area contributed by atoms with E-state index in [1.807, 2.05) is 0 Å². The Balaban J connectivity index is 1.71. The first-order valence-corrected chi connectivity index (χ1v) is 8.26. The summed E-state index contributed by atoms with van der Waals surface area (Å²) in [5.41, 5.74) is 1.20. The molecule has 0 saturated carbocycles. The van der Waals surface area contributed by atoms with Crippen molar-refractivity contribution in [2.45, 2.75) is 6.18 Å². The fourth-order valence-corrected chi connectivity index (χ4v) is 2.72. The van der Waals surface area contributed by atoms with Gasteiger partial charge in [0.1, 0.15) is 17.1 Å². The Morgan fingerprint density at radius 1 is 0.857 bits per heavy atom. The van der Waals surface area contributed by atoms with Gasteiger partial charge in [-0.3, -0.25) is 4.98 Å². The standard InChI is InChI=1S/C20H13F3N4O/c21-20(22,23)14-3-1-2-4-15(14)25-18-10-9-16-19(27-18)26-17(11-24-16)12-5-7-13(28)8-6-12/h1-11,28H,(H,25,26,27). The Morgan fingerprint density at radius 3 is 2.36 bits per heavy atom. The summed E-state index contributed by atoms with van der Waals surface area (Å²) in [5.74, 6) is 0.354. The van der Waals surface area contributed by atoms with Crippen LogP contribution in [0.25, 0.3) is 22.4 Å². The Hall–Kier alpha value is -3.68. The molecule has 0 aliphatic carbocycles. The number of nitrogens with one attached hydrogen (secondary N) is 1. The number of phenols is 1. The normalized spacial score (nSPS) is 11.5. The highest BCUT2D eigenvalue weighted by molar-refractivity contribution is 5.76. The van der Waals surface area contributed by atoms with Crippen LogP contribution in [0.15, 0.2) is 66.9 Å². The molecule has 5 nitrogen and oxygen atoms in total. The minimum absolute atomic E-state index is 0.0931. The van der Waals surface area contributed by atoms with Crippen LogP contribution in [-0.2, 0) is 6.18 Å². The third-order valence-corrected chi connectivity index (χ3v) is 4.07. The second-order valence-corrected chi connectivity index (χ2v) is 6.01. The smallest absolute Gasteiger partial charge is 0.418 e. The first-order chi connectivity index (χ1) is 13.4. The summed E-state index contributed by atoms with van der Waals surface area (Å²) in [7, 11) is 0. The topological polar surface area (TPSA) is 70.9 Å². The number of aromatic nitrogens is 3. The molecular weight excluding hydrogens is 369 g/mol. The van der Waals surface area contributed by atoms with Gasteiger partial charge in [-0.05, 0) is 48.5 Å². The fourth-order valence-electron chi connectivity index (χ4n) is 2.72. The first-order valence-electron chi connectivity index (χ1n) is 8.26. The Bertz CT molecular complexity index is 1140. The molecule has 0 aliphatic heterocycles. The van der Waals surface area contributed by atoms with Crippen LogP contribution >= 0.6 is 0 Å². The van der Waals surface area contributed by atoms with Crippen molar-refractivity contribution in [1.82, 2.24) is 15.0 Å². The van der Waals surface area contributed by atoms with Crippen LogP contribution in [0.4, 0.5) is 24.7 Å². The molecule has 2 heterocycles. The van der Waals surface area contributed by atoms with Crippen LogP contribution < -0.4 is 5.32 Å². The second kappa shape index (κ2) is 6.80. The van der Waals surface area contributed by atoms with Gasteiger partial charge in [-0.2, -0.15) is 13.2 Å². The lowest BCUT2D eigenvalue weighted by atomic mass is 10.1. The van der Waals surface area contributed by atoms with Crippen molar-refractivity contribution < 1.29 is 18.3 Å². The SMILES string of the molecule is Oc1ccc(-c2cnc3ccc(Nc4ccccc4C(F)(F)F)nc3n2)cc1. The van der Waals surface area contributed by atoms with E-state index in [2.05, 4.69) is 20.3 Å². The van der Waals surface area contributed by atoms with Crippen LogP contribution in [0.2, 0.25) is 0 Å². The number of pyridine rings is 1. The number of rotatable bonds is 3. The van der Waals surface area contributed by atoms with E-state index in [9.17, 15) is 18.3 Å². The quantitative estimate of drug-likeness (QED) is 0.512. The van der Waals surface area contributed by atoms with E-state index >= 15 is 0 Å². The molecule has 2 aromatic heterocycles. The molecular formula is C20H13F3N4O. The maximum absolute atomic E-state index is 13.2. The maximum Gasteiger partial charge on any atom is 0.418 e. The molecule has 0 amide bonds. The average molecular weight is 382 g/mol. The predicted octanol–water partition coefficient (Wildman–Crippen LogP) is 5.16. The molecule has 2 N–H and O–H groups in total. The first kappa shape index (κ1) is 17.7. The molecule has 8 heteroatoms. The molecule has 4 rings (SSSR count). The zero-order valence-electron chi connectivity index (χ0n) is 14.3. The van der Waals surface area contributed by atoms with Crippen molar-refractivity contribution in [3.05, 3.63) is 72.4 Å². The Labute approximate surface area is 157 Å². The van der Waals surface area contributed by atoms with E-state index in [0.717, 1.165) is 11.6 Å². The van der Waals surface area contributed by atoms with Gasteiger partial charge < -0.3 is 10.4 Å². The Morgan fingerprint density at radius 2 is 1.61 bits per heavy atom. The van der Waals surface area contributed by atoms with Crippen molar-refractivity contribution in [3.8, 4) is 17.0 Å². The molecule has 0 fully saturated rings.